The van der Waals surface area contributed by atoms with Gasteiger partial charge in [0.25, 0.3) is 0 Å². The molecule has 0 aromatic heterocycles. The van der Waals surface area contributed by atoms with Gasteiger partial charge in [0.1, 0.15) is 18.8 Å². The van der Waals surface area contributed by atoms with Crippen molar-refractivity contribution in [1.82, 2.24) is 0 Å². The number of hydrogen-bond acceptors (Lipinski definition) is 5. The Morgan fingerprint density at radius 1 is 1.17 bits per heavy atom. The molecule has 3 heterocycles. The maximum absolute atomic E-state index is 12.3. The van der Waals surface area contributed by atoms with Gasteiger partial charge in [0.15, 0.2) is 6.00 Å². The van der Waals surface area contributed by atoms with Crippen molar-refractivity contribution in [3.8, 4) is 0 Å². The van der Waals surface area contributed by atoms with Crippen molar-refractivity contribution in [2.24, 2.45) is 23.2 Å². The Labute approximate surface area is 141 Å². The van der Waals surface area contributed by atoms with Crippen LogP contribution in [0.1, 0.15) is 33.6 Å². The zero-order valence-electron chi connectivity index (χ0n) is 14.5. The van der Waals surface area contributed by atoms with Crippen LogP contribution in [0, 0.1) is 23.2 Å². The number of quaternary nitrogens is 1. The molecule has 6 aliphatic rings. The number of epoxide rings is 1. The summed E-state index contributed by atoms with van der Waals surface area (Å²) < 4.78 is 17.2. The molecule has 130 valence electrons. The third-order valence-corrected chi connectivity index (χ3v) is 8.06. The molecule has 3 saturated heterocycles. The summed E-state index contributed by atoms with van der Waals surface area (Å²) in [5.41, 5.74) is 0.346. The molecule has 6 nitrogen and oxygen atoms in total. The lowest BCUT2D eigenvalue weighted by Crippen LogP contribution is -2.75. The molecule has 0 aromatic carbocycles. The third-order valence-electron chi connectivity index (χ3n) is 8.06. The number of hydrogen-bond donors (Lipinski definition) is 0. The molecule has 3 aliphatic carbocycles. The Morgan fingerprint density at radius 3 is 2.21 bits per heavy atom. The van der Waals surface area contributed by atoms with Crippen LogP contribution < -0.4 is 0 Å². The van der Waals surface area contributed by atoms with Gasteiger partial charge < -0.3 is 18.4 Å². The smallest absolute Gasteiger partial charge is 0.598 e. The molecule has 0 unspecified atom stereocenters. The van der Waals surface area contributed by atoms with Crippen molar-refractivity contribution in [1.29, 1.82) is 0 Å². The van der Waals surface area contributed by atoms with Gasteiger partial charge in [0.2, 0.25) is 0 Å². The lowest BCUT2D eigenvalue weighted by molar-refractivity contribution is -0.852. The van der Waals surface area contributed by atoms with Crippen molar-refractivity contribution in [3.63, 3.8) is 0 Å². The first-order valence-corrected chi connectivity index (χ1v) is 9.01. The fourth-order valence-corrected chi connectivity index (χ4v) is 6.62. The Kier molecular flexibility index (Phi) is 2.47. The number of carbonyl (C=O) groups excluding carboxylic acids is 2. The summed E-state index contributed by atoms with van der Waals surface area (Å²) in [6.07, 6.45) is 2.27. The average Bonchev–Trinajstić information content (AvgIpc) is 3.06. The number of nitrogens with zero attached hydrogens (tertiary/aromatic N) is 1. The van der Waals surface area contributed by atoms with Gasteiger partial charge in [-0.1, -0.05) is 27.4 Å². The molecular formula is C17H24BNO5. The minimum absolute atomic E-state index is 0.205. The lowest BCUT2D eigenvalue weighted by Gasteiger charge is -2.66. The molecule has 7 heteroatoms. The highest BCUT2D eigenvalue weighted by Crippen LogP contribution is 2.64. The Hall–Kier alpha value is -1.50. The van der Waals surface area contributed by atoms with Crippen LogP contribution in [0.15, 0.2) is 12.3 Å². The first-order chi connectivity index (χ1) is 11.2. The summed E-state index contributed by atoms with van der Waals surface area (Å²) in [5.74, 6) is 1.68. The van der Waals surface area contributed by atoms with Crippen LogP contribution in [0.2, 0.25) is 0 Å². The minimum atomic E-state index is -2.16. The maximum Gasteiger partial charge on any atom is 0.631 e. The van der Waals surface area contributed by atoms with Crippen LogP contribution in [-0.2, 0) is 23.6 Å². The lowest BCUT2D eigenvalue weighted by atomic mass is 9.43. The fourth-order valence-electron chi connectivity index (χ4n) is 6.62. The molecule has 6 fully saturated rings. The highest BCUT2D eigenvalue weighted by Gasteiger charge is 2.79. The van der Waals surface area contributed by atoms with E-state index in [2.05, 4.69) is 27.4 Å². The predicted molar refractivity (Wildman–Crippen MR) is 84.9 cm³/mol. The molecule has 5 atom stereocenters. The number of rotatable bonds is 2. The SMILES string of the molecule is C=C1O[C@H]1[B-]12OC(=O)C[N+]1([C@@H]1C[C@@H]3C[C@H]([C@H]1C)C3(C)C)CC(=O)O2. The monoisotopic (exact) mass is 333 g/mol. The number of ether oxygens (including phenoxy) is 1. The molecule has 0 radical (unpaired) electrons. The zero-order chi connectivity index (χ0) is 17.1. The standard InChI is InChI=1S/C17H24BNO5/c1-9-12-5-11(17(12,3)4)6-13(9)19-7-14(20)23-18(19,16-10(2)22-16)24-15(21)8-19/h9,11-13,16H,2,5-8H2,1,3-4H3/t9-,11+,12-,13-,16-,18?,19?/m1/s1. The van der Waals surface area contributed by atoms with Crippen molar-refractivity contribution in [2.75, 3.05) is 13.1 Å². The molecule has 6 rings (SSSR count). The van der Waals surface area contributed by atoms with Crippen LogP contribution in [0.4, 0.5) is 0 Å². The second kappa shape index (κ2) is 4.01. The molecule has 24 heavy (non-hydrogen) atoms. The van der Waals surface area contributed by atoms with E-state index in [0.29, 0.717) is 33.3 Å². The summed E-state index contributed by atoms with van der Waals surface area (Å²) in [6, 6.07) is -0.252. The van der Waals surface area contributed by atoms with Crippen LogP contribution in [0.25, 0.3) is 0 Å². The average molecular weight is 333 g/mol. The molecule has 3 saturated carbocycles. The Morgan fingerprint density at radius 2 is 1.75 bits per heavy atom. The van der Waals surface area contributed by atoms with Gasteiger partial charge in [-0.15, -0.1) is 0 Å². The first kappa shape index (κ1) is 14.8. The van der Waals surface area contributed by atoms with E-state index in [0.717, 1.165) is 6.42 Å². The van der Waals surface area contributed by atoms with E-state index in [1.165, 1.54) is 6.42 Å². The van der Waals surface area contributed by atoms with Gasteiger partial charge in [0, 0.05) is 5.92 Å². The van der Waals surface area contributed by atoms with Crippen LogP contribution >= 0.6 is 0 Å². The van der Waals surface area contributed by atoms with Gasteiger partial charge in [-0.3, -0.25) is 9.59 Å². The molecule has 3 aliphatic heterocycles. The minimum Gasteiger partial charge on any atom is -0.598 e. The summed E-state index contributed by atoms with van der Waals surface area (Å²) in [5, 5.41) is 0. The van der Waals surface area contributed by atoms with E-state index >= 15 is 0 Å². The van der Waals surface area contributed by atoms with Crippen LogP contribution in [0.5, 0.6) is 0 Å². The molecule has 0 aromatic rings. The van der Waals surface area contributed by atoms with Gasteiger partial charge >= 0.3 is 18.6 Å². The normalized spacial score (nSPS) is 53.6. The molecule has 0 amide bonds. The highest BCUT2D eigenvalue weighted by atomic mass is 16.7. The second-order valence-electron chi connectivity index (χ2n) is 9.15. The van der Waals surface area contributed by atoms with Gasteiger partial charge in [-0.2, -0.15) is 0 Å². The van der Waals surface area contributed by atoms with E-state index in [4.69, 9.17) is 14.0 Å². The third kappa shape index (κ3) is 1.44. The summed E-state index contributed by atoms with van der Waals surface area (Å²) >= 11 is 0. The van der Waals surface area contributed by atoms with E-state index in [-0.39, 0.29) is 31.1 Å². The largest absolute Gasteiger partial charge is 0.631 e. The van der Waals surface area contributed by atoms with Crippen molar-refractivity contribution in [2.45, 2.75) is 45.7 Å². The van der Waals surface area contributed by atoms with Gasteiger partial charge in [-0.05, 0) is 30.1 Å². The quantitative estimate of drug-likeness (QED) is 0.564. The molecular weight excluding hydrogens is 309 g/mol. The van der Waals surface area contributed by atoms with Gasteiger partial charge in [-0.25, -0.2) is 0 Å². The zero-order valence-corrected chi connectivity index (χ0v) is 14.5. The van der Waals surface area contributed by atoms with Crippen LogP contribution in [-0.4, -0.2) is 48.2 Å². The van der Waals surface area contributed by atoms with Crippen molar-refractivity contribution < 1.29 is 28.0 Å². The number of carbonyl (C=O) groups is 2. The van der Waals surface area contributed by atoms with E-state index in [1.54, 1.807) is 0 Å². The van der Waals surface area contributed by atoms with Crippen molar-refractivity contribution >= 4 is 18.6 Å². The number of fused-ring (bicyclic) bond motifs is 4. The molecule has 2 bridgehead atoms. The van der Waals surface area contributed by atoms with E-state index < -0.39 is 12.7 Å². The van der Waals surface area contributed by atoms with Gasteiger partial charge in [0.05, 0.1) is 6.04 Å². The van der Waals surface area contributed by atoms with Crippen LogP contribution in [0.3, 0.4) is 0 Å². The maximum atomic E-state index is 12.3. The predicted octanol–water partition coefficient (Wildman–Crippen LogP) is 1.38. The Balaban J connectivity index is 1.59. The second-order valence-corrected chi connectivity index (χ2v) is 9.15. The summed E-state index contributed by atoms with van der Waals surface area (Å²) in [4.78, 5) is 24.6. The topological polar surface area (TPSA) is 65.1 Å². The Bertz CT molecular complexity index is 668. The van der Waals surface area contributed by atoms with Crippen molar-refractivity contribution in [3.05, 3.63) is 12.3 Å². The first-order valence-electron chi connectivity index (χ1n) is 9.01. The fraction of sp³-hybridized carbons (Fsp3) is 0.765. The van der Waals surface area contributed by atoms with E-state index in [1.807, 2.05) is 0 Å². The molecule has 0 spiro atoms. The van der Waals surface area contributed by atoms with E-state index in [9.17, 15) is 9.59 Å². The summed E-state index contributed by atoms with van der Waals surface area (Å²) in [6.45, 7) is 9.08. The molecule has 0 N–H and O–H groups in total. The highest BCUT2D eigenvalue weighted by molar-refractivity contribution is 6.69. The summed E-state index contributed by atoms with van der Waals surface area (Å²) in [7, 11) is 0.